The van der Waals surface area contributed by atoms with Gasteiger partial charge in [0.2, 0.25) is 20.0 Å². The third kappa shape index (κ3) is 7.39. The predicted molar refractivity (Wildman–Crippen MR) is 156 cm³/mol. The van der Waals surface area contributed by atoms with Crippen LogP contribution in [0.5, 0.6) is 0 Å². The summed E-state index contributed by atoms with van der Waals surface area (Å²) in [6.07, 6.45) is -0.653. The monoisotopic (exact) mass is 589 g/mol. The highest BCUT2D eigenvalue weighted by Gasteiger charge is 2.49. The average molecular weight is 590 g/mol. The first-order valence-electron chi connectivity index (χ1n) is 12.9. The van der Waals surface area contributed by atoms with Gasteiger partial charge in [0.05, 0.1) is 21.9 Å². The van der Waals surface area contributed by atoms with Crippen molar-refractivity contribution in [3.8, 4) is 0 Å². The van der Waals surface area contributed by atoms with Gasteiger partial charge >= 0.3 is 6.09 Å². The maximum absolute atomic E-state index is 14.0. The van der Waals surface area contributed by atoms with E-state index in [-0.39, 0.29) is 36.0 Å². The highest BCUT2D eigenvalue weighted by atomic mass is 32.2. The Hall–Kier alpha value is -2.99. The molecule has 1 aliphatic rings. The van der Waals surface area contributed by atoms with Gasteiger partial charge in [0.15, 0.2) is 0 Å². The van der Waals surface area contributed by atoms with Crippen LogP contribution < -0.4 is 0 Å². The van der Waals surface area contributed by atoms with Gasteiger partial charge < -0.3 is 9.64 Å². The number of rotatable bonds is 10. The minimum absolute atomic E-state index is 0.0584. The number of hydrogen-bond donors (Lipinski definition) is 0. The minimum Gasteiger partial charge on any atom is -0.444 e. The third-order valence-electron chi connectivity index (χ3n) is 6.20. The van der Waals surface area contributed by atoms with E-state index in [2.05, 4.69) is 13.2 Å². The van der Waals surface area contributed by atoms with E-state index in [0.29, 0.717) is 11.1 Å². The molecule has 1 aliphatic heterocycles. The zero-order chi connectivity index (χ0) is 29.9. The van der Waals surface area contributed by atoms with Gasteiger partial charge in [-0.3, -0.25) is 0 Å². The summed E-state index contributed by atoms with van der Waals surface area (Å²) in [5.41, 5.74) is 0.323. The Morgan fingerprint density at radius 3 is 1.45 bits per heavy atom. The number of benzene rings is 2. The fourth-order valence-electron chi connectivity index (χ4n) is 4.56. The van der Waals surface area contributed by atoms with Crippen LogP contribution >= 0.6 is 0 Å². The highest BCUT2D eigenvalue weighted by Crippen LogP contribution is 2.32. The van der Waals surface area contributed by atoms with Crippen LogP contribution in [-0.2, 0) is 24.8 Å². The van der Waals surface area contributed by atoms with Crippen molar-refractivity contribution in [1.82, 2.24) is 13.5 Å². The Balaban J connectivity index is 2.20. The maximum atomic E-state index is 14.0. The first kappa shape index (κ1) is 31.5. The molecule has 1 saturated heterocycles. The second-order valence-electron chi connectivity index (χ2n) is 11.2. The molecule has 0 spiro atoms. The van der Waals surface area contributed by atoms with E-state index >= 15 is 0 Å². The van der Waals surface area contributed by atoms with Crippen molar-refractivity contribution < 1.29 is 26.4 Å². The molecule has 0 saturated carbocycles. The van der Waals surface area contributed by atoms with Crippen molar-refractivity contribution in [3.05, 3.63) is 85.0 Å². The number of amides is 1. The Labute approximate surface area is 238 Å². The molecule has 0 unspecified atom stereocenters. The zero-order valence-electron chi connectivity index (χ0n) is 23.8. The van der Waals surface area contributed by atoms with Crippen LogP contribution in [0.3, 0.4) is 0 Å². The molecule has 3 rings (SSSR count). The number of hydrogen-bond acceptors (Lipinski definition) is 6. The molecule has 2 aromatic rings. The molecule has 0 aromatic heterocycles. The molecule has 0 aliphatic carbocycles. The molecule has 2 aromatic carbocycles. The van der Waals surface area contributed by atoms with E-state index in [9.17, 15) is 21.6 Å². The highest BCUT2D eigenvalue weighted by molar-refractivity contribution is 7.89. The van der Waals surface area contributed by atoms with Crippen molar-refractivity contribution >= 4 is 26.1 Å². The molecule has 9 nitrogen and oxygen atoms in total. The van der Waals surface area contributed by atoms with E-state index < -0.39 is 43.8 Å². The molecule has 11 heteroatoms. The molecular weight excluding hydrogens is 550 g/mol. The second kappa shape index (κ2) is 12.3. The summed E-state index contributed by atoms with van der Waals surface area (Å²) >= 11 is 0. The summed E-state index contributed by atoms with van der Waals surface area (Å²) in [6.45, 7) is 16.2. The van der Waals surface area contributed by atoms with Crippen LogP contribution in [-0.4, -0.2) is 80.3 Å². The standard InChI is InChI=1S/C29H39N3O6S2/c1-22(2)18-31(39(34,35)24-14-10-8-11-15-24)26-20-30(28(33)38-29(5,6)7)21-27(26)32(19-23(3)4)40(36,37)25-16-12-9-13-17-25/h8-17,26-27H,1,3,18-21H2,2,4-7H3/t26-,27-/m0/s1. The summed E-state index contributed by atoms with van der Waals surface area (Å²) < 4.78 is 64.2. The molecule has 2 atom stereocenters. The normalized spacial score (nSPS) is 18.2. The Bertz CT molecular complexity index is 1340. The Morgan fingerprint density at radius 1 is 0.800 bits per heavy atom. The van der Waals surface area contributed by atoms with E-state index in [1.165, 1.54) is 37.8 Å². The summed E-state index contributed by atoms with van der Waals surface area (Å²) in [4.78, 5) is 14.7. The number of sulfonamides is 2. The summed E-state index contributed by atoms with van der Waals surface area (Å²) in [5, 5.41) is 0. The topological polar surface area (TPSA) is 104 Å². The number of carbonyl (C=O) groups is 1. The molecule has 1 heterocycles. The van der Waals surface area contributed by atoms with Gasteiger partial charge in [0, 0.05) is 26.2 Å². The Morgan fingerprint density at radius 2 is 1.15 bits per heavy atom. The third-order valence-corrected chi connectivity index (χ3v) is 9.97. The van der Waals surface area contributed by atoms with Gasteiger partial charge in [-0.25, -0.2) is 21.6 Å². The SMILES string of the molecule is C=C(C)CN([C@H]1CN(C(=O)OC(C)(C)C)C[C@@H]1N(CC(=C)C)S(=O)(=O)c1ccccc1)S(=O)(=O)c1ccccc1. The van der Waals surface area contributed by atoms with Crippen LogP contribution in [0.1, 0.15) is 34.6 Å². The lowest BCUT2D eigenvalue weighted by atomic mass is 10.1. The van der Waals surface area contributed by atoms with Crippen LogP contribution in [0, 0.1) is 0 Å². The summed E-state index contributed by atoms with van der Waals surface area (Å²) in [7, 11) is -8.24. The van der Waals surface area contributed by atoms with Gasteiger partial charge in [-0.1, -0.05) is 60.7 Å². The number of carbonyl (C=O) groups excluding carboxylic acids is 1. The maximum Gasteiger partial charge on any atom is 0.410 e. The predicted octanol–water partition coefficient (Wildman–Crippen LogP) is 4.51. The first-order valence-corrected chi connectivity index (χ1v) is 15.8. The largest absolute Gasteiger partial charge is 0.444 e. The van der Waals surface area contributed by atoms with Crippen LogP contribution in [0.25, 0.3) is 0 Å². The van der Waals surface area contributed by atoms with Gasteiger partial charge in [0.25, 0.3) is 0 Å². The number of likely N-dealkylation sites (tertiary alicyclic amines) is 1. The number of ether oxygens (including phenoxy) is 1. The number of nitrogens with zero attached hydrogens (tertiary/aromatic N) is 3. The quantitative estimate of drug-likeness (QED) is 0.378. The Kier molecular flexibility index (Phi) is 9.66. The van der Waals surface area contributed by atoms with Crippen molar-refractivity contribution in [3.63, 3.8) is 0 Å². The van der Waals surface area contributed by atoms with E-state index in [4.69, 9.17) is 4.74 Å². The lowest BCUT2D eigenvalue weighted by molar-refractivity contribution is 0.0282. The molecule has 0 radical (unpaired) electrons. The smallest absolute Gasteiger partial charge is 0.410 e. The van der Waals surface area contributed by atoms with Crippen LogP contribution in [0.4, 0.5) is 4.79 Å². The minimum atomic E-state index is -4.12. The molecule has 1 amide bonds. The zero-order valence-corrected chi connectivity index (χ0v) is 25.4. The molecule has 0 N–H and O–H groups in total. The fourth-order valence-corrected chi connectivity index (χ4v) is 8.01. The van der Waals surface area contributed by atoms with Gasteiger partial charge in [-0.05, 0) is 58.9 Å². The molecule has 218 valence electrons. The van der Waals surface area contributed by atoms with Crippen LogP contribution in [0.15, 0.2) is 94.8 Å². The fraction of sp³-hybridized carbons (Fsp3) is 0.414. The lowest BCUT2D eigenvalue weighted by Gasteiger charge is -2.36. The van der Waals surface area contributed by atoms with Crippen LogP contribution in [0.2, 0.25) is 0 Å². The lowest BCUT2D eigenvalue weighted by Crippen LogP contribution is -2.55. The average Bonchev–Trinajstić information content (AvgIpc) is 3.30. The van der Waals surface area contributed by atoms with Gasteiger partial charge in [-0.2, -0.15) is 8.61 Å². The van der Waals surface area contributed by atoms with Crippen molar-refractivity contribution in [2.24, 2.45) is 0 Å². The first-order chi connectivity index (χ1) is 18.5. The summed E-state index contributed by atoms with van der Waals surface area (Å²) in [6, 6.07) is 14.0. The van der Waals surface area contributed by atoms with Crippen molar-refractivity contribution in [2.45, 2.75) is 62.1 Å². The van der Waals surface area contributed by atoms with Crippen molar-refractivity contribution in [1.29, 1.82) is 0 Å². The van der Waals surface area contributed by atoms with Gasteiger partial charge in [0.1, 0.15) is 5.60 Å². The van der Waals surface area contributed by atoms with Gasteiger partial charge in [-0.15, -0.1) is 0 Å². The molecule has 40 heavy (non-hydrogen) atoms. The van der Waals surface area contributed by atoms with E-state index in [0.717, 1.165) is 0 Å². The molecule has 1 fully saturated rings. The molecular formula is C29H39N3O6S2. The molecule has 0 bridgehead atoms. The van der Waals surface area contributed by atoms with E-state index in [1.54, 1.807) is 71.0 Å². The van der Waals surface area contributed by atoms with Crippen molar-refractivity contribution in [2.75, 3.05) is 26.2 Å². The second-order valence-corrected chi connectivity index (χ2v) is 14.9. The van der Waals surface area contributed by atoms with E-state index in [1.807, 2.05) is 0 Å². The summed E-state index contributed by atoms with van der Waals surface area (Å²) in [5.74, 6) is 0.